The van der Waals surface area contributed by atoms with Gasteiger partial charge in [0.15, 0.2) is 5.65 Å². The van der Waals surface area contributed by atoms with Gasteiger partial charge in [-0.15, -0.1) is 0 Å². The van der Waals surface area contributed by atoms with E-state index < -0.39 is 0 Å². The first-order valence-electron chi connectivity index (χ1n) is 10.8. The second-order valence-corrected chi connectivity index (χ2v) is 8.04. The molecule has 1 atom stereocenters. The Labute approximate surface area is 196 Å². The number of nitrogens with one attached hydrogen (secondary N) is 1. The van der Waals surface area contributed by atoms with Gasteiger partial charge in [-0.2, -0.15) is 0 Å². The Morgan fingerprint density at radius 1 is 0.971 bits per heavy atom. The molecule has 0 aliphatic rings. The van der Waals surface area contributed by atoms with Crippen LogP contribution in [0.15, 0.2) is 67.6 Å². The first kappa shape index (κ1) is 21.3. The smallest absolute Gasteiger partial charge is 0.251 e. The molecule has 0 radical (unpaired) electrons. The van der Waals surface area contributed by atoms with Gasteiger partial charge in [-0.1, -0.05) is 6.07 Å². The summed E-state index contributed by atoms with van der Waals surface area (Å²) in [5.74, 6) is 0.508. The molecule has 34 heavy (non-hydrogen) atoms. The molecule has 4 aromatic heterocycles. The van der Waals surface area contributed by atoms with Crippen LogP contribution in [0.4, 0.5) is 0 Å². The minimum absolute atomic E-state index is 0.231. The van der Waals surface area contributed by atoms with Gasteiger partial charge in [0.1, 0.15) is 17.7 Å². The van der Waals surface area contributed by atoms with Gasteiger partial charge in [0.05, 0.1) is 35.5 Å². The summed E-state index contributed by atoms with van der Waals surface area (Å²) in [4.78, 5) is 39.3. The molecule has 9 nitrogen and oxygen atoms in total. The van der Waals surface area contributed by atoms with E-state index in [1.807, 2.05) is 61.9 Å². The monoisotopic (exact) mass is 450 g/mol. The Balaban J connectivity index is 1.61. The van der Waals surface area contributed by atoms with Crippen LogP contribution in [0.1, 0.15) is 40.4 Å². The summed E-state index contributed by atoms with van der Waals surface area (Å²) in [6, 6.07) is 9.27. The van der Waals surface area contributed by atoms with Crippen molar-refractivity contribution in [3.63, 3.8) is 0 Å². The Morgan fingerprint density at radius 3 is 2.62 bits per heavy atom. The van der Waals surface area contributed by atoms with Crippen molar-refractivity contribution in [3.05, 3.63) is 90.3 Å². The van der Waals surface area contributed by atoms with Gasteiger partial charge >= 0.3 is 0 Å². The van der Waals surface area contributed by atoms with Crippen molar-refractivity contribution in [1.82, 2.24) is 39.8 Å². The van der Waals surface area contributed by atoms with E-state index in [1.165, 1.54) is 6.33 Å². The van der Waals surface area contributed by atoms with Crippen molar-refractivity contribution < 1.29 is 4.79 Å². The van der Waals surface area contributed by atoms with E-state index in [9.17, 15) is 4.79 Å². The molecule has 1 N–H and O–H groups in total. The van der Waals surface area contributed by atoms with Gasteiger partial charge < -0.3 is 5.32 Å². The molecule has 9 heteroatoms. The minimum atomic E-state index is -0.311. The third-order valence-electron chi connectivity index (χ3n) is 5.51. The average Bonchev–Trinajstić information content (AvgIpc) is 3.20. The van der Waals surface area contributed by atoms with E-state index in [2.05, 4.69) is 35.2 Å². The molecule has 0 aliphatic heterocycles. The van der Waals surface area contributed by atoms with E-state index >= 15 is 0 Å². The standard InChI is InChI=1S/C25H22N8O/c1-15-4-5-21(29-11-15)18-8-19(25(34)31-16(2)22-12-26-6-7-28-22)10-20(9-18)33-17(3)32-23-13-27-14-30-24(23)33/h4-14,16H,1-3H3,(H,31,34). The number of imidazole rings is 1. The quantitative estimate of drug-likeness (QED) is 0.434. The van der Waals surface area contributed by atoms with Gasteiger partial charge in [0.2, 0.25) is 0 Å². The number of fused-ring (bicyclic) bond motifs is 1. The number of aryl methyl sites for hydroxylation is 2. The highest BCUT2D eigenvalue weighted by Crippen LogP contribution is 2.26. The van der Waals surface area contributed by atoms with Crippen LogP contribution in [0.3, 0.4) is 0 Å². The first-order chi connectivity index (χ1) is 16.5. The van der Waals surface area contributed by atoms with Crippen LogP contribution < -0.4 is 5.32 Å². The molecule has 4 heterocycles. The number of rotatable bonds is 5. The molecule has 0 saturated heterocycles. The number of hydrogen-bond donors (Lipinski definition) is 1. The number of carbonyl (C=O) groups is 1. The number of pyridine rings is 1. The van der Waals surface area contributed by atoms with Crippen LogP contribution >= 0.6 is 0 Å². The molecule has 5 aromatic rings. The zero-order valence-electron chi connectivity index (χ0n) is 19.0. The predicted molar refractivity (Wildman–Crippen MR) is 127 cm³/mol. The van der Waals surface area contributed by atoms with Gasteiger partial charge in [-0.05, 0) is 50.6 Å². The second-order valence-electron chi connectivity index (χ2n) is 8.04. The number of hydrogen-bond acceptors (Lipinski definition) is 7. The lowest BCUT2D eigenvalue weighted by Crippen LogP contribution is -2.27. The molecule has 1 unspecified atom stereocenters. The molecular weight excluding hydrogens is 428 g/mol. The first-order valence-corrected chi connectivity index (χ1v) is 10.8. The fraction of sp³-hybridized carbons (Fsp3) is 0.160. The van der Waals surface area contributed by atoms with Gasteiger partial charge in [0, 0.05) is 29.7 Å². The number of benzene rings is 1. The Kier molecular flexibility index (Phi) is 5.51. The number of amides is 1. The summed E-state index contributed by atoms with van der Waals surface area (Å²) in [6.07, 6.45) is 9.82. The maximum atomic E-state index is 13.3. The average molecular weight is 451 g/mol. The third kappa shape index (κ3) is 4.11. The lowest BCUT2D eigenvalue weighted by molar-refractivity contribution is 0.0939. The molecule has 0 aliphatic carbocycles. The number of carbonyl (C=O) groups excluding carboxylic acids is 1. The van der Waals surface area contributed by atoms with E-state index in [0.29, 0.717) is 22.4 Å². The molecule has 5 rings (SSSR count). The minimum Gasteiger partial charge on any atom is -0.344 e. The second kappa shape index (κ2) is 8.78. The highest BCUT2D eigenvalue weighted by Gasteiger charge is 2.18. The highest BCUT2D eigenvalue weighted by molar-refractivity contribution is 5.96. The number of nitrogens with zero attached hydrogens (tertiary/aromatic N) is 7. The zero-order valence-corrected chi connectivity index (χ0v) is 19.0. The maximum Gasteiger partial charge on any atom is 0.251 e. The van der Waals surface area contributed by atoms with Crippen molar-refractivity contribution in [2.24, 2.45) is 0 Å². The fourth-order valence-corrected chi connectivity index (χ4v) is 3.80. The van der Waals surface area contributed by atoms with Crippen molar-refractivity contribution in [2.75, 3.05) is 0 Å². The Hall–Kier alpha value is -4.53. The van der Waals surface area contributed by atoms with Crippen LogP contribution in [0, 0.1) is 13.8 Å². The van der Waals surface area contributed by atoms with E-state index in [4.69, 9.17) is 0 Å². The van der Waals surface area contributed by atoms with E-state index in [-0.39, 0.29) is 11.9 Å². The van der Waals surface area contributed by atoms with Crippen LogP contribution in [-0.4, -0.2) is 40.4 Å². The van der Waals surface area contributed by atoms with Crippen molar-refractivity contribution in [2.45, 2.75) is 26.8 Å². The number of aromatic nitrogens is 7. The summed E-state index contributed by atoms with van der Waals surface area (Å²) in [5, 5.41) is 3.01. The van der Waals surface area contributed by atoms with E-state index in [0.717, 1.165) is 28.3 Å². The molecule has 0 spiro atoms. The largest absolute Gasteiger partial charge is 0.344 e. The van der Waals surface area contributed by atoms with Gasteiger partial charge in [-0.3, -0.25) is 24.3 Å². The van der Waals surface area contributed by atoms with Crippen LogP contribution in [-0.2, 0) is 0 Å². The van der Waals surface area contributed by atoms with Crippen LogP contribution in [0.5, 0.6) is 0 Å². The maximum absolute atomic E-state index is 13.3. The highest BCUT2D eigenvalue weighted by atomic mass is 16.1. The van der Waals surface area contributed by atoms with Crippen molar-refractivity contribution in [1.29, 1.82) is 0 Å². The lowest BCUT2D eigenvalue weighted by Gasteiger charge is -2.15. The summed E-state index contributed by atoms with van der Waals surface area (Å²) < 4.78 is 1.91. The Morgan fingerprint density at radius 2 is 1.85 bits per heavy atom. The molecule has 0 saturated carbocycles. The van der Waals surface area contributed by atoms with Crippen molar-refractivity contribution in [3.8, 4) is 16.9 Å². The van der Waals surface area contributed by atoms with E-state index in [1.54, 1.807) is 24.8 Å². The molecule has 0 fully saturated rings. The molecular formula is C25H22N8O. The lowest BCUT2D eigenvalue weighted by atomic mass is 10.0. The summed E-state index contributed by atoms with van der Waals surface area (Å²) in [7, 11) is 0. The van der Waals surface area contributed by atoms with Gasteiger partial charge in [-0.25, -0.2) is 15.0 Å². The summed E-state index contributed by atoms with van der Waals surface area (Å²) in [5.41, 5.74) is 5.91. The Bertz CT molecular complexity index is 1480. The molecule has 168 valence electrons. The molecule has 1 aromatic carbocycles. The van der Waals surface area contributed by atoms with Crippen LogP contribution in [0.25, 0.3) is 28.1 Å². The fourth-order valence-electron chi connectivity index (χ4n) is 3.80. The summed E-state index contributed by atoms with van der Waals surface area (Å²) >= 11 is 0. The molecule has 0 bridgehead atoms. The van der Waals surface area contributed by atoms with Crippen molar-refractivity contribution >= 4 is 17.1 Å². The zero-order chi connectivity index (χ0) is 23.7. The van der Waals surface area contributed by atoms with Gasteiger partial charge in [0.25, 0.3) is 5.91 Å². The predicted octanol–water partition coefficient (Wildman–Crippen LogP) is 3.78. The topological polar surface area (TPSA) is 111 Å². The van der Waals surface area contributed by atoms with Crippen LogP contribution in [0.2, 0.25) is 0 Å². The normalized spacial score (nSPS) is 12.0. The third-order valence-corrected chi connectivity index (χ3v) is 5.51. The SMILES string of the molecule is Cc1ccc(-c2cc(C(=O)NC(C)c3cnccn3)cc(-n3c(C)nc4cncnc43)c2)nc1. The summed E-state index contributed by atoms with van der Waals surface area (Å²) in [6.45, 7) is 5.76. The molecule has 1 amide bonds.